The molecule has 1 N–H and O–H groups in total. The van der Waals surface area contributed by atoms with Crippen molar-refractivity contribution in [3.8, 4) is 0 Å². The van der Waals surface area contributed by atoms with Crippen LogP contribution >= 0.6 is 0 Å². The van der Waals surface area contributed by atoms with E-state index in [-0.39, 0.29) is 24.0 Å². The van der Waals surface area contributed by atoms with Crippen LogP contribution in [-0.2, 0) is 28.9 Å². The number of fused-ring (bicyclic) bond motifs is 1. The van der Waals surface area contributed by atoms with Gasteiger partial charge in [-0.05, 0) is 57.4 Å². The number of halogens is 6. The zero-order valence-electron chi connectivity index (χ0n) is 20.2. The molecule has 202 valence electrons. The molecule has 0 radical (unpaired) electrons. The number of sulfonamides is 1. The van der Waals surface area contributed by atoms with Crippen LogP contribution in [0.15, 0.2) is 47.4 Å². The standard InChI is InChI=1S/C23H25F6N5O2S/c1-33(2)10-6-9-30-21-18-7-4-5-8-19(18)31-20(32-21)14-34(3)37(35,36)17-12-15(22(24,25)26)11-16(13-17)23(27,28)29/h4-5,7-8,11-13H,6,9-10,14H2,1-3H3,(H,30,31,32). The van der Waals surface area contributed by atoms with Crippen LogP contribution < -0.4 is 5.32 Å². The molecule has 0 amide bonds. The van der Waals surface area contributed by atoms with E-state index in [1.54, 1.807) is 24.3 Å². The summed E-state index contributed by atoms with van der Waals surface area (Å²) in [6.45, 7) is 0.870. The van der Waals surface area contributed by atoms with Gasteiger partial charge in [-0.25, -0.2) is 18.4 Å². The zero-order chi connectivity index (χ0) is 27.6. The minimum atomic E-state index is -5.18. The molecule has 0 spiro atoms. The summed E-state index contributed by atoms with van der Waals surface area (Å²) in [6.07, 6.45) is -9.58. The van der Waals surface area contributed by atoms with E-state index in [1.807, 2.05) is 19.0 Å². The minimum absolute atomic E-state index is 0.0166. The molecule has 1 aromatic heterocycles. The second kappa shape index (κ2) is 10.8. The molecule has 37 heavy (non-hydrogen) atoms. The van der Waals surface area contributed by atoms with Gasteiger partial charge >= 0.3 is 12.4 Å². The first-order chi connectivity index (χ1) is 17.1. The minimum Gasteiger partial charge on any atom is -0.369 e. The average molecular weight is 550 g/mol. The van der Waals surface area contributed by atoms with Gasteiger partial charge in [0.15, 0.2) is 0 Å². The molecule has 1 heterocycles. The van der Waals surface area contributed by atoms with E-state index in [2.05, 4.69) is 15.3 Å². The molecule has 14 heteroatoms. The van der Waals surface area contributed by atoms with Gasteiger partial charge in [0.2, 0.25) is 10.0 Å². The summed E-state index contributed by atoms with van der Waals surface area (Å²) in [6, 6.07) is 7.19. The first kappa shape index (κ1) is 28.6. The number of hydrogen-bond acceptors (Lipinski definition) is 6. The summed E-state index contributed by atoms with van der Waals surface area (Å²) in [7, 11) is 0.116. The van der Waals surface area contributed by atoms with Gasteiger partial charge in [-0.15, -0.1) is 0 Å². The third-order valence-electron chi connectivity index (χ3n) is 5.36. The van der Waals surface area contributed by atoms with Crippen LogP contribution in [0.2, 0.25) is 0 Å². The highest BCUT2D eigenvalue weighted by molar-refractivity contribution is 7.89. The summed E-state index contributed by atoms with van der Waals surface area (Å²) in [4.78, 5) is 9.57. The van der Waals surface area contributed by atoms with E-state index >= 15 is 0 Å². The number of alkyl halides is 6. The van der Waals surface area contributed by atoms with Crippen molar-refractivity contribution < 1.29 is 34.8 Å². The second-order valence-corrected chi connectivity index (χ2v) is 10.6. The third kappa shape index (κ3) is 7.08. The Balaban J connectivity index is 1.95. The maximum Gasteiger partial charge on any atom is 0.416 e. The lowest BCUT2D eigenvalue weighted by atomic mass is 10.1. The van der Waals surface area contributed by atoms with E-state index in [0.29, 0.717) is 27.6 Å². The van der Waals surface area contributed by atoms with Crippen molar-refractivity contribution in [2.45, 2.75) is 30.2 Å². The molecule has 0 aliphatic carbocycles. The van der Waals surface area contributed by atoms with E-state index in [4.69, 9.17) is 0 Å². The van der Waals surface area contributed by atoms with Gasteiger partial charge in [0.1, 0.15) is 11.6 Å². The van der Waals surface area contributed by atoms with Crippen LogP contribution in [0.3, 0.4) is 0 Å². The molecule has 2 aromatic carbocycles. The molecule has 7 nitrogen and oxygen atoms in total. The van der Waals surface area contributed by atoms with Crippen LogP contribution in [0.4, 0.5) is 32.2 Å². The number of benzene rings is 2. The molecule has 0 saturated heterocycles. The number of nitrogens with one attached hydrogen (secondary N) is 1. The van der Waals surface area contributed by atoms with Crippen LogP contribution in [0.25, 0.3) is 10.9 Å². The van der Waals surface area contributed by atoms with Gasteiger partial charge in [0, 0.05) is 19.0 Å². The summed E-state index contributed by atoms with van der Waals surface area (Å²) in [5.41, 5.74) is -2.95. The topological polar surface area (TPSA) is 78.4 Å². The fourth-order valence-corrected chi connectivity index (χ4v) is 4.67. The molecular weight excluding hydrogens is 524 g/mol. The number of nitrogens with zero attached hydrogens (tertiary/aromatic N) is 4. The Morgan fingerprint density at radius 2 is 1.49 bits per heavy atom. The summed E-state index contributed by atoms with van der Waals surface area (Å²) < 4.78 is 106. The summed E-state index contributed by atoms with van der Waals surface area (Å²) in [5, 5.41) is 3.85. The number of hydrogen-bond donors (Lipinski definition) is 1. The molecule has 0 fully saturated rings. The molecule has 0 bridgehead atoms. The molecule has 0 aliphatic rings. The van der Waals surface area contributed by atoms with Gasteiger partial charge in [-0.1, -0.05) is 12.1 Å². The maximum absolute atomic E-state index is 13.2. The van der Waals surface area contributed by atoms with Crippen LogP contribution in [-0.4, -0.2) is 61.8 Å². The quantitative estimate of drug-likeness (QED) is 0.304. The second-order valence-electron chi connectivity index (χ2n) is 8.59. The van der Waals surface area contributed by atoms with Crippen molar-refractivity contribution >= 4 is 26.7 Å². The molecule has 0 aliphatic heterocycles. The largest absolute Gasteiger partial charge is 0.416 e. The Hall–Kier alpha value is -2.97. The zero-order valence-corrected chi connectivity index (χ0v) is 21.0. The fourth-order valence-electron chi connectivity index (χ4n) is 3.47. The van der Waals surface area contributed by atoms with Crippen molar-refractivity contribution in [3.63, 3.8) is 0 Å². The van der Waals surface area contributed by atoms with Gasteiger partial charge < -0.3 is 10.2 Å². The lowest BCUT2D eigenvalue weighted by Crippen LogP contribution is -2.28. The van der Waals surface area contributed by atoms with Crippen molar-refractivity contribution in [3.05, 3.63) is 59.4 Å². The monoisotopic (exact) mass is 549 g/mol. The van der Waals surface area contributed by atoms with Gasteiger partial charge in [-0.3, -0.25) is 0 Å². The molecule has 0 atom stereocenters. The highest BCUT2D eigenvalue weighted by Gasteiger charge is 2.39. The van der Waals surface area contributed by atoms with Crippen LogP contribution in [0.1, 0.15) is 23.4 Å². The lowest BCUT2D eigenvalue weighted by Gasteiger charge is -2.20. The molecule has 3 aromatic rings. The third-order valence-corrected chi connectivity index (χ3v) is 7.14. The fraction of sp³-hybridized carbons (Fsp3) is 0.391. The predicted molar refractivity (Wildman–Crippen MR) is 126 cm³/mol. The van der Waals surface area contributed by atoms with E-state index in [0.717, 1.165) is 20.0 Å². The highest BCUT2D eigenvalue weighted by atomic mass is 32.2. The van der Waals surface area contributed by atoms with Gasteiger partial charge in [0.25, 0.3) is 0 Å². The summed E-state index contributed by atoms with van der Waals surface area (Å²) in [5.74, 6) is 0.450. The lowest BCUT2D eigenvalue weighted by molar-refractivity contribution is -0.143. The number of aromatic nitrogens is 2. The van der Waals surface area contributed by atoms with Crippen molar-refractivity contribution in [1.82, 2.24) is 19.2 Å². The SMILES string of the molecule is CN(C)CCCNc1nc(CN(C)S(=O)(=O)c2cc(C(F)(F)F)cc(C(F)(F)F)c2)nc2ccccc12. The Morgan fingerprint density at radius 3 is 2.05 bits per heavy atom. The predicted octanol–water partition coefficient (Wildman–Crippen LogP) is 4.85. The molecule has 0 unspecified atom stereocenters. The molecule has 3 rings (SSSR count). The Morgan fingerprint density at radius 1 is 0.892 bits per heavy atom. The summed E-state index contributed by atoms with van der Waals surface area (Å²) >= 11 is 0. The Kier molecular flexibility index (Phi) is 8.34. The van der Waals surface area contributed by atoms with E-state index in [9.17, 15) is 34.8 Å². The highest BCUT2D eigenvalue weighted by Crippen LogP contribution is 2.37. The number of rotatable bonds is 9. The molecular formula is C23H25F6N5O2S. The van der Waals surface area contributed by atoms with Crippen molar-refractivity contribution in [1.29, 1.82) is 0 Å². The van der Waals surface area contributed by atoms with Gasteiger partial charge in [-0.2, -0.15) is 30.6 Å². The smallest absolute Gasteiger partial charge is 0.369 e. The van der Waals surface area contributed by atoms with E-state index < -0.39 is 44.9 Å². The maximum atomic E-state index is 13.2. The number of para-hydroxylation sites is 1. The average Bonchev–Trinajstić information content (AvgIpc) is 2.80. The normalized spacial score (nSPS) is 13.1. The van der Waals surface area contributed by atoms with Crippen LogP contribution in [0.5, 0.6) is 0 Å². The first-order valence-electron chi connectivity index (χ1n) is 11.0. The Bertz CT molecular complexity index is 1330. The van der Waals surface area contributed by atoms with Crippen LogP contribution in [0, 0.1) is 0 Å². The van der Waals surface area contributed by atoms with E-state index in [1.165, 1.54) is 0 Å². The van der Waals surface area contributed by atoms with Gasteiger partial charge in [0.05, 0.1) is 28.1 Å². The van der Waals surface area contributed by atoms with Crippen molar-refractivity contribution in [2.24, 2.45) is 0 Å². The Labute approximate surface area is 210 Å². The molecule has 0 saturated carbocycles. The van der Waals surface area contributed by atoms with Crippen molar-refractivity contribution in [2.75, 3.05) is 39.5 Å². The first-order valence-corrected chi connectivity index (χ1v) is 12.4. The number of anilines is 1.